The fourth-order valence-corrected chi connectivity index (χ4v) is 3.43. The number of nitrogens with one attached hydrogen (secondary N) is 3. The molecule has 0 spiro atoms. The average Bonchev–Trinajstić information content (AvgIpc) is 2.86. The second-order valence-electron chi connectivity index (χ2n) is 7.35. The molecule has 3 amide bonds. The lowest BCUT2D eigenvalue weighted by Gasteiger charge is -2.29. The summed E-state index contributed by atoms with van der Waals surface area (Å²) in [6.45, 7) is 0.641. The first kappa shape index (κ1) is 26.2. The van der Waals surface area contributed by atoms with E-state index in [1.165, 1.54) is 18.2 Å². The van der Waals surface area contributed by atoms with Crippen LogP contribution in [0.25, 0.3) is 0 Å². The second-order valence-corrected chi connectivity index (χ2v) is 7.78. The van der Waals surface area contributed by atoms with Crippen LogP contribution in [0.4, 0.5) is 10.5 Å². The van der Waals surface area contributed by atoms with Crippen molar-refractivity contribution in [2.45, 2.75) is 13.0 Å². The number of esters is 2. The minimum Gasteiger partial charge on any atom is -0.463 e. The highest BCUT2D eigenvalue weighted by molar-refractivity contribution is 6.30. The highest BCUT2D eigenvalue weighted by Crippen LogP contribution is 2.28. The van der Waals surface area contributed by atoms with Gasteiger partial charge in [-0.15, -0.1) is 0 Å². The lowest BCUT2D eigenvalue weighted by molar-refractivity contribution is -0.384. The summed E-state index contributed by atoms with van der Waals surface area (Å²) in [5.41, 5.74) is 0.300. The average molecular weight is 517 g/mol. The molecule has 1 atom stereocenters. The topological polar surface area (TPSA) is 166 Å². The van der Waals surface area contributed by atoms with E-state index in [-0.39, 0.29) is 29.1 Å². The third-order valence-corrected chi connectivity index (χ3v) is 5.19. The van der Waals surface area contributed by atoms with E-state index in [4.69, 9.17) is 21.1 Å². The summed E-state index contributed by atoms with van der Waals surface area (Å²) in [6, 6.07) is 9.91. The molecule has 0 fully saturated rings. The zero-order valence-electron chi connectivity index (χ0n) is 18.9. The van der Waals surface area contributed by atoms with Crippen LogP contribution in [0.1, 0.15) is 28.9 Å². The summed E-state index contributed by atoms with van der Waals surface area (Å²) in [7, 11) is 0. The maximum Gasteiger partial charge on any atom is 0.338 e. The Bertz CT molecular complexity index is 1230. The van der Waals surface area contributed by atoms with Crippen molar-refractivity contribution in [3.05, 3.63) is 86.1 Å². The molecule has 0 unspecified atom stereocenters. The number of carbonyl (C=O) groups excluding carboxylic acids is 4. The number of ether oxygens (including phenoxy) is 2. The van der Waals surface area contributed by atoms with Crippen LogP contribution < -0.4 is 16.0 Å². The van der Waals surface area contributed by atoms with Gasteiger partial charge in [0, 0.05) is 22.7 Å². The first-order valence-corrected chi connectivity index (χ1v) is 11.0. The Morgan fingerprint density at radius 1 is 1.14 bits per heavy atom. The van der Waals surface area contributed by atoms with E-state index in [9.17, 15) is 29.3 Å². The Kier molecular flexibility index (Phi) is 8.57. The van der Waals surface area contributed by atoms with Crippen molar-refractivity contribution in [1.82, 2.24) is 16.0 Å². The maximum atomic E-state index is 12.7. The van der Waals surface area contributed by atoms with Crippen molar-refractivity contribution in [3.8, 4) is 0 Å². The monoisotopic (exact) mass is 516 g/mol. The van der Waals surface area contributed by atoms with Gasteiger partial charge in [-0.2, -0.15) is 0 Å². The Morgan fingerprint density at radius 3 is 2.53 bits per heavy atom. The lowest BCUT2D eigenvalue weighted by atomic mass is 9.95. The SMILES string of the molecule is CCOC(=O)C1=C(COC(=O)CNC(=O)c2cccc([N+](=O)[O-])c2)NC(=O)N[C@H]1c1ccc(Cl)cc1. The van der Waals surface area contributed by atoms with Crippen molar-refractivity contribution < 1.29 is 33.6 Å². The molecule has 13 heteroatoms. The van der Waals surface area contributed by atoms with Crippen LogP contribution in [0.5, 0.6) is 0 Å². The zero-order chi connectivity index (χ0) is 26.2. The molecule has 1 heterocycles. The van der Waals surface area contributed by atoms with Gasteiger partial charge in [0.25, 0.3) is 11.6 Å². The van der Waals surface area contributed by atoms with Crippen LogP contribution in [0.2, 0.25) is 5.02 Å². The third-order valence-electron chi connectivity index (χ3n) is 4.94. The summed E-state index contributed by atoms with van der Waals surface area (Å²) >= 11 is 5.93. The summed E-state index contributed by atoms with van der Waals surface area (Å²) in [5, 5.41) is 18.7. The quantitative estimate of drug-likeness (QED) is 0.259. The van der Waals surface area contributed by atoms with Gasteiger partial charge in [0.05, 0.1) is 28.8 Å². The number of nitro benzene ring substituents is 1. The van der Waals surface area contributed by atoms with E-state index in [0.29, 0.717) is 10.6 Å². The predicted octanol–water partition coefficient (Wildman–Crippen LogP) is 2.39. The molecule has 3 N–H and O–H groups in total. The number of benzene rings is 2. The van der Waals surface area contributed by atoms with Gasteiger partial charge in [-0.3, -0.25) is 19.7 Å². The maximum absolute atomic E-state index is 12.7. The van der Waals surface area contributed by atoms with Crippen LogP contribution in [-0.2, 0) is 19.1 Å². The molecule has 0 bridgehead atoms. The molecule has 0 aromatic heterocycles. The molecule has 2 aromatic rings. The molecular formula is C23H21ClN4O8. The molecule has 3 rings (SSSR count). The van der Waals surface area contributed by atoms with Crippen molar-refractivity contribution in [2.24, 2.45) is 0 Å². The normalized spacial score (nSPS) is 14.8. The number of hydrogen-bond acceptors (Lipinski definition) is 8. The number of amides is 3. The molecule has 36 heavy (non-hydrogen) atoms. The standard InChI is InChI=1S/C23H21ClN4O8/c1-2-35-22(31)19-17(26-23(32)27-20(19)13-6-8-15(24)9-7-13)12-36-18(29)11-25-21(30)14-4-3-5-16(10-14)28(33)34/h3-10,20H,2,11-12H2,1H3,(H,25,30)(H2,26,27,32)/t20-/m0/s1. The van der Waals surface area contributed by atoms with Crippen LogP contribution >= 0.6 is 11.6 Å². The number of carbonyl (C=O) groups is 4. The fraction of sp³-hybridized carbons (Fsp3) is 0.217. The summed E-state index contributed by atoms with van der Waals surface area (Å²) in [4.78, 5) is 59.7. The van der Waals surface area contributed by atoms with E-state index < -0.39 is 48.0 Å². The second kappa shape index (κ2) is 11.8. The van der Waals surface area contributed by atoms with Crippen LogP contribution in [-0.4, -0.2) is 48.6 Å². The van der Waals surface area contributed by atoms with Crippen molar-refractivity contribution in [2.75, 3.05) is 19.8 Å². The van der Waals surface area contributed by atoms with E-state index >= 15 is 0 Å². The summed E-state index contributed by atoms with van der Waals surface area (Å²) < 4.78 is 10.3. The summed E-state index contributed by atoms with van der Waals surface area (Å²) in [6.07, 6.45) is 0. The number of hydrogen-bond donors (Lipinski definition) is 3. The van der Waals surface area contributed by atoms with Gasteiger partial charge in [-0.05, 0) is 30.7 Å². The molecule has 0 aliphatic carbocycles. The first-order chi connectivity index (χ1) is 17.2. The number of non-ortho nitro benzene ring substituents is 1. The predicted molar refractivity (Wildman–Crippen MR) is 126 cm³/mol. The van der Waals surface area contributed by atoms with Crippen molar-refractivity contribution >= 4 is 41.2 Å². The molecule has 0 radical (unpaired) electrons. The Labute approximate surface area is 209 Å². The van der Waals surface area contributed by atoms with E-state index in [0.717, 1.165) is 6.07 Å². The Hall–Kier alpha value is -4.45. The van der Waals surface area contributed by atoms with Gasteiger partial charge in [-0.25, -0.2) is 9.59 Å². The van der Waals surface area contributed by atoms with Crippen LogP contribution in [0, 0.1) is 10.1 Å². The number of nitrogens with zero attached hydrogens (tertiary/aromatic N) is 1. The molecule has 12 nitrogen and oxygen atoms in total. The molecule has 188 valence electrons. The van der Waals surface area contributed by atoms with Gasteiger partial charge >= 0.3 is 18.0 Å². The molecule has 0 saturated carbocycles. The summed E-state index contributed by atoms with van der Waals surface area (Å²) in [5.74, 6) is -2.32. The smallest absolute Gasteiger partial charge is 0.338 e. The molecule has 0 saturated heterocycles. The molecule has 1 aliphatic heterocycles. The Morgan fingerprint density at radius 2 is 1.86 bits per heavy atom. The van der Waals surface area contributed by atoms with Gasteiger partial charge in [0.15, 0.2) is 0 Å². The minimum absolute atomic E-state index is 0.00973. The van der Waals surface area contributed by atoms with Gasteiger partial charge in [0.1, 0.15) is 13.2 Å². The number of nitro groups is 1. The van der Waals surface area contributed by atoms with Gasteiger partial charge in [0.2, 0.25) is 0 Å². The number of urea groups is 1. The van der Waals surface area contributed by atoms with Crippen molar-refractivity contribution in [3.63, 3.8) is 0 Å². The molecule has 1 aliphatic rings. The third kappa shape index (κ3) is 6.57. The van der Waals surface area contributed by atoms with E-state index in [1.807, 2.05) is 0 Å². The van der Waals surface area contributed by atoms with Gasteiger partial charge < -0.3 is 25.4 Å². The first-order valence-electron chi connectivity index (χ1n) is 10.6. The minimum atomic E-state index is -0.891. The van der Waals surface area contributed by atoms with Crippen molar-refractivity contribution in [1.29, 1.82) is 0 Å². The lowest BCUT2D eigenvalue weighted by Crippen LogP contribution is -2.47. The molecular weight excluding hydrogens is 496 g/mol. The van der Waals surface area contributed by atoms with E-state index in [1.54, 1.807) is 31.2 Å². The molecule has 2 aromatic carbocycles. The van der Waals surface area contributed by atoms with Gasteiger partial charge in [-0.1, -0.05) is 29.8 Å². The number of halogens is 1. The van der Waals surface area contributed by atoms with Crippen LogP contribution in [0.15, 0.2) is 59.8 Å². The highest BCUT2D eigenvalue weighted by Gasteiger charge is 2.34. The Balaban J connectivity index is 1.72. The van der Waals surface area contributed by atoms with E-state index in [2.05, 4.69) is 16.0 Å². The van der Waals surface area contributed by atoms with Crippen LogP contribution in [0.3, 0.4) is 0 Å². The largest absolute Gasteiger partial charge is 0.463 e. The zero-order valence-corrected chi connectivity index (χ0v) is 19.7. The fourth-order valence-electron chi connectivity index (χ4n) is 3.31. The number of rotatable bonds is 9. The highest BCUT2D eigenvalue weighted by atomic mass is 35.5.